The van der Waals surface area contributed by atoms with Crippen LogP contribution in [0.1, 0.15) is 5.56 Å². The molecule has 1 aromatic carbocycles. The highest BCUT2D eigenvalue weighted by atomic mass is 16.7. The lowest BCUT2D eigenvalue weighted by Crippen LogP contribution is -2.26. The number of aliphatic hydroxyl groups is 1. The van der Waals surface area contributed by atoms with Gasteiger partial charge in [0.05, 0.1) is 6.10 Å². The van der Waals surface area contributed by atoms with Crippen molar-refractivity contribution in [1.82, 2.24) is 5.48 Å². The number of hydroxylamine groups is 1. The zero-order valence-electron chi connectivity index (χ0n) is 9.30. The molecule has 5 heteroatoms. The molecule has 0 bridgehead atoms. The maximum Gasteiger partial charge on any atom is 0.353 e. The molecule has 0 aliphatic heterocycles. The molecule has 0 fully saturated rings. The second-order valence-corrected chi connectivity index (χ2v) is 3.54. The van der Waals surface area contributed by atoms with E-state index in [1.165, 1.54) is 0 Å². The van der Waals surface area contributed by atoms with Crippen molar-refractivity contribution in [3.63, 3.8) is 0 Å². The summed E-state index contributed by atoms with van der Waals surface area (Å²) in [5, 5.41) is 18.1. The predicted molar refractivity (Wildman–Crippen MR) is 62.0 cm³/mol. The van der Waals surface area contributed by atoms with E-state index in [0.29, 0.717) is 6.42 Å². The summed E-state index contributed by atoms with van der Waals surface area (Å²) < 4.78 is 0. The summed E-state index contributed by atoms with van der Waals surface area (Å²) in [6, 6.07) is 9.45. The number of hydrogen-bond acceptors (Lipinski definition) is 4. The zero-order valence-corrected chi connectivity index (χ0v) is 9.30. The van der Waals surface area contributed by atoms with Gasteiger partial charge in [0.15, 0.2) is 0 Å². The second kappa shape index (κ2) is 6.67. The predicted octanol–water partition coefficient (Wildman–Crippen LogP) is 0.709. The number of carboxylic acids is 1. The average molecular weight is 237 g/mol. The van der Waals surface area contributed by atoms with Crippen LogP contribution in [0.2, 0.25) is 0 Å². The lowest BCUT2D eigenvalue weighted by molar-refractivity contribution is -0.135. The molecule has 0 heterocycles. The molecule has 0 radical (unpaired) electrons. The molecule has 92 valence electrons. The van der Waals surface area contributed by atoms with Crippen molar-refractivity contribution in [2.45, 2.75) is 12.5 Å². The van der Waals surface area contributed by atoms with Crippen LogP contribution in [0.15, 0.2) is 42.6 Å². The molecule has 3 N–H and O–H groups in total. The van der Waals surface area contributed by atoms with Crippen molar-refractivity contribution in [3.8, 4) is 0 Å². The molecular formula is C12H15NO4. The van der Waals surface area contributed by atoms with Gasteiger partial charge >= 0.3 is 5.97 Å². The van der Waals surface area contributed by atoms with Crippen molar-refractivity contribution in [2.24, 2.45) is 0 Å². The molecule has 0 aromatic heterocycles. The van der Waals surface area contributed by atoms with Gasteiger partial charge in [0.1, 0.15) is 12.3 Å². The summed E-state index contributed by atoms with van der Waals surface area (Å²) in [6.07, 6.45) is -0.256. The number of aliphatic carboxylic acids is 1. The minimum Gasteiger partial charge on any atom is -0.477 e. The molecule has 0 aliphatic rings. The van der Waals surface area contributed by atoms with E-state index in [0.717, 1.165) is 5.56 Å². The van der Waals surface area contributed by atoms with Crippen LogP contribution in [0.25, 0.3) is 0 Å². The number of hydrogen-bond donors (Lipinski definition) is 3. The third kappa shape index (κ3) is 5.14. The van der Waals surface area contributed by atoms with Crippen molar-refractivity contribution in [1.29, 1.82) is 0 Å². The Hall–Kier alpha value is -1.85. The first-order valence-electron chi connectivity index (χ1n) is 5.11. The standard InChI is InChI=1S/C12H15NO4/c1-9(12(15)16)13-17-8-11(14)7-10-5-3-2-4-6-10/h2-6,11,13-14H,1,7-8H2,(H,15,16). The SMILES string of the molecule is C=C(NOCC(O)Cc1ccccc1)C(=O)O. The van der Waals surface area contributed by atoms with Gasteiger partial charge in [-0.15, -0.1) is 0 Å². The Bertz CT molecular complexity index is 377. The van der Waals surface area contributed by atoms with E-state index in [1.807, 2.05) is 30.3 Å². The Morgan fingerprint density at radius 3 is 2.65 bits per heavy atom. The molecule has 5 nitrogen and oxygen atoms in total. The molecule has 0 aliphatic carbocycles. The molecule has 17 heavy (non-hydrogen) atoms. The van der Waals surface area contributed by atoms with Crippen LogP contribution in [-0.2, 0) is 16.1 Å². The van der Waals surface area contributed by atoms with Gasteiger partial charge in [-0.2, -0.15) is 0 Å². The summed E-state index contributed by atoms with van der Waals surface area (Å²) in [6.45, 7) is 3.21. The third-order valence-electron chi connectivity index (χ3n) is 2.04. The van der Waals surface area contributed by atoms with Gasteiger partial charge in [-0.3, -0.25) is 10.3 Å². The van der Waals surface area contributed by atoms with E-state index in [4.69, 9.17) is 9.94 Å². The Labute approximate surface area is 99.3 Å². The summed E-state index contributed by atoms with van der Waals surface area (Å²) in [5.74, 6) is -1.19. The molecule has 1 rings (SSSR count). The van der Waals surface area contributed by atoms with Gasteiger partial charge in [-0.25, -0.2) is 4.79 Å². The van der Waals surface area contributed by atoms with Gasteiger partial charge in [0, 0.05) is 6.42 Å². The van der Waals surface area contributed by atoms with Gasteiger partial charge in [0.2, 0.25) is 0 Å². The van der Waals surface area contributed by atoms with Gasteiger partial charge in [-0.1, -0.05) is 36.9 Å². The van der Waals surface area contributed by atoms with E-state index >= 15 is 0 Å². The summed E-state index contributed by atoms with van der Waals surface area (Å²) >= 11 is 0. The third-order valence-corrected chi connectivity index (χ3v) is 2.04. The largest absolute Gasteiger partial charge is 0.477 e. The fraction of sp³-hybridized carbons (Fsp3) is 0.250. The molecule has 0 saturated carbocycles. The molecule has 0 amide bonds. The first-order valence-corrected chi connectivity index (χ1v) is 5.11. The lowest BCUT2D eigenvalue weighted by atomic mass is 10.1. The number of carbonyl (C=O) groups is 1. The molecule has 1 aromatic rings. The van der Waals surface area contributed by atoms with Crippen LogP contribution in [0.3, 0.4) is 0 Å². The van der Waals surface area contributed by atoms with Crippen LogP contribution in [0, 0.1) is 0 Å². The maximum atomic E-state index is 10.4. The minimum atomic E-state index is -1.19. The van der Waals surface area contributed by atoms with E-state index < -0.39 is 12.1 Å². The zero-order chi connectivity index (χ0) is 12.7. The Morgan fingerprint density at radius 1 is 1.41 bits per heavy atom. The van der Waals surface area contributed by atoms with Crippen molar-refractivity contribution >= 4 is 5.97 Å². The highest BCUT2D eigenvalue weighted by Gasteiger charge is 2.07. The quantitative estimate of drug-likeness (QED) is 0.481. The van der Waals surface area contributed by atoms with Gasteiger partial charge in [0.25, 0.3) is 0 Å². The topological polar surface area (TPSA) is 78.8 Å². The normalized spacial score (nSPS) is 11.8. The highest BCUT2D eigenvalue weighted by Crippen LogP contribution is 2.03. The number of carboxylic acid groups (broad SMARTS) is 1. The fourth-order valence-electron chi connectivity index (χ4n) is 1.21. The molecular weight excluding hydrogens is 222 g/mol. The number of nitrogens with one attached hydrogen (secondary N) is 1. The van der Waals surface area contributed by atoms with E-state index in [-0.39, 0.29) is 12.3 Å². The summed E-state index contributed by atoms with van der Waals surface area (Å²) in [5.41, 5.74) is 2.86. The Morgan fingerprint density at radius 2 is 2.06 bits per heavy atom. The highest BCUT2D eigenvalue weighted by molar-refractivity contribution is 5.84. The first kappa shape index (κ1) is 13.2. The molecule has 1 unspecified atom stereocenters. The first-order chi connectivity index (χ1) is 8.09. The summed E-state index contributed by atoms with van der Waals surface area (Å²) in [4.78, 5) is 15.2. The van der Waals surface area contributed by atoms with E-state index in [1.54, 1.807) is 0 Å². The van der Waals surface area contributed by atoms with Crippen molar-refractivity contribution in [3.05, 3.63) is 48.2 Å². The second-order valence-electron chi connectivity index (χ2n) is 3.54. The minimum absolute atomic E-state index is 0.0127. The fourth-order valence-corrected chi connectivity index (χ4v) is 1.21. The van der Waals surface area contributed by atoms with Crippen LogP contribution in [0.4, 0.5) is 0 Å². The summed E-state index contributed by atoms with van der Waals surface area (Å²) in [7, 11) is 0. The van der Waals surface area contributed by atoms with Crippen molar-refractivity contribution in [2.75, 3.05) is 6.61 Å². The maximum absolute atomic E-state index is 10.4. The Balaban J connectivity index is 2.24. The monoisotopic (exact) mass is 237 g/mol. The smallest absolute Gasteiger partial charge is 0.353 e. The van der Waals surface area contributed by atoms with E-state index in [9.17, 15) is 9.90 Å². The molecule has 0 saturated heterocycles. The number of rotatable bonds is 7. The van der Waals surface area contributed by atoms with Gasteiger partial charge in [-0.05, 0) is 5.56 Å². The average Bonchev–Trinajstić information content (AvgIpc) is 2.30. The van der Waals surface area contributed by atoms with Crippen LogP contribution in [-0.4, -0.2) is 28.9 Å². The van der Waals surface area contributed by atoms with Crippen molar-refractivity contribution < 1.29 is 19.8 Å². The van der Waals surface area contributed by atoms with Gasteiger partial charge < -0.3 is 10.2 Å². The van der Waals surface area contributed by atoms with Crippen LogP contribution >= 0.6 is 0 Å². The van der Waals surface area contributed by atoms with E-state index in [2.05, 4.69) is 12.1 Å². The Kier molecular flexibility index (Phi) is 5.19. The number of aliphatic hydroxyl groups excluding tert-OH is 1. The number of benzene rings is 1. The van der Waals surface area contributed by atoms with Crippen LogP contribution < -0.4 is 5.48 Å². The lowest BCUT2D eigenvalue weighted by Gasteiger charge is -2.11. The molecule has 1 atom stereocenters. The van der Waals surface area contributed by atoms with Crippen LogP contribution in [0.5, 0.6) is 0 Å². The molecule has 0 spiro atoms.